The van der Waals surface area contributed by atoms with E-state index in [1.807, 2.05) is 0 Å². The van der Waals surface area contributed by atoms with Gasteiger partial charge in [-0.05, 0) is 60.5 Å². The Hall–Kier alpha value is -4.14. The summed E-state index contributed by atoms with van der Waals surface area (Å²) in [7, 11) is 1.39. The summed E-state index contributed by atoms with van der Waals surface area (Å²) in [4.78, 5) is 37.2. The summed E-state index contributed by atoms with van der Waals surface area (Å²) >= 11 is 12.2. The highest BCUT2D eigenvalue weighted by Gasteiger charge is 2.33. The minimum atomic E-state index is -0.979. The average Bonchev–Trinajstić information content (AvgIpc) is 3.42. The minimum Gasteiger partial charge on any atom is -0.355 e. The van der Waals surface area contributed by atoms with Crippen LogP contribution in [0.5, 0.6) is 0 Å². The molecule has 2 N–H and O–H groups in total. The molecule has 42 heavy (non-hydrogen) atoms. The van der Waals surface area contributed by atoms with Crippen molar-refractivity contribution >= 4 is 46.4 Å². The van der Waals surface area contributed by atoms with Gasteiger partial charge in [0.25, 0.3) is 5.91 Å². The van der Waals surface area contributed by atoms with E-state index in [-0.39, 0.29) is 36.3 Å². The molecule has 1 fully saturated rings. The zero-order valence-electron chi connectivity index (χ0n) is 21.9. The summed E-state index contributed by atoms with van der Waals surface area (Å²) in [6.45, 7) is -0.355. The van der Waals surface area contributed by atoms with Crippen LogP contribution in [0, 0.1) is 11.6 Å². The van der Waals surface area contributed by atoms with E-state index in [0.717, 1.165) is 6.07 Å². The highest BCUT2D eigenvalue weighted by molar-refractivity contribution is 6.31. The molecule has 4 aromatic rings. The predicted octanol–water partition coefficient (Wildman–Crippen LogP) is 4.36. The number of carbonyl (C=O) groups is 2. The molecule has 1 aliphatic heterocycles. The van der Waals surface area contributed by atoms with Crippen LogP contribution in [0.4, 0.5) is 20.2 Å². The van der Waals surface area contributed by atoms with Gasteiger partial charge in [-0.3, -0.25) is 19.3 Å². The number of hydrogen-bond acceptors (Lipinski definition) is 8. The molecule has 1 aromatic heterocycles. The van der Waals surface area contributed by atoms with Gasteiger partial charge in [0.1, 0.15) is 17.7 Å². The number of nitrogens with zero attached hydrogens (tertiary/aromatic N) is 5. The topological polar surface area (TPSA) is 114 Å². The number of nitrogens with one attached hydrogen (secondary N) is 2. The molecule has 218 valence electrons. The SMILES string of the molecule is CNC(=O)c1ccc(NC(=O)C(Cc2ccc(F)cc2)N2CON(c3cc(Cl)ccc3-n3cc(Cl)nn3)CO2)cc1F. The second-order valence-electron chi connectivity index (χ2n) is 9.04. The maximum Gasteiger partial charge on any atom is 0.253 e. The van der Waals surface area contributed by atoms with Crippen molar-refractivity contribution in [2.45, 2.75) is 12.5 Å². The molecule has 0 spiro atoms. The first-order chi connectivity index (χ1) is 20.2. The van der Waals surface area contributed by atoms with Crippen molar-refractivity contribution in [2.75, 3.05) is 30.9 Å². The summed E-state index contributed by atoms with van der Waals surface area (Å²) in [5.74, 6) is -2.38. The fourth-order valence-electron chi connectivity index (χ4n) is 4.20. The molecule has 0 aliphatic carbocycles. The molecule has 1 aliphatic rings. The van der Waals surface area contributed by atoms with Crippen molar-refractivity contribution in [1.29, 1.82) is 0 Å². The molecule has 1 atom stereocenters. The van der Waals surface area contributed by atoms with Gasteiger partial charge in [-0.15, -0.1) is 10.2 Å². The Balaban J connectivity index is 1.35. The summed E-state index contributed by atoms with van der Waals surface area (Å²) in [5, 5.41) is 16.1. The number of benzene rings is 3. The van der Waals surface area contributed by atoms with E-state index in [2.05, 4.69) is 20.9 Å². The molecule has 5 rings (SSSR count). The van der Waals surface area contributed by atoms with Crippen LogP contribution in [0.3, 0.4) is 0 Å². The van der Waals surface area contributed by atoms with E-state index in [1.165, 1.54) is 52.3 Å². The molecule has 0 saturated carbocycles. The van der Waals surface area contributed by atoms with E-state index in [4.69, 9.17) is 32.9 Å². The third-order valence-corrected chi connectivity index (χ3v) is 6.71. The van der Waals surface area contributed by atoms with Crippen molar-refractivity contribution in [3.63, 3.8) is 0 Å². The first kappa shape index (κ1) is 29.4. The Bertz CT molecular complexity index is 1600. The van der Waals surface area contributed by atoms with E-state index < -0.39 is 29.5 Å². The van der Waals surface area contributed by atoms with E-state index in [0.29, 0.717) is 22.0 Å². The quantitative estimate of drug-likeness (QED) is 0.300. The second kappa shape index (κ2) is 12.8. The Labute approximate surface area is 248 Å². The molecule has 1 unspecified atom stereocenters. The van der Waals surface area contributed by atoms with Crippen molar-refractivity contribution in [1.82, 2.24) is 25.4 Å². The van der Waals surface area contributed by atoms with Gasteiger partial charge in [-0.1, -0.05) is 40.5 Å². The molecule has 11 nitrogen and oxygen atoms in total. The summed E-state index contributed by atoms with van der Waals surface area (Å²) in [6, 6.07) is 13.4. The van der Waals surface area contributed by atoms with Crippen LogP contribution in [0.2, 0.25) is 10.2 Å². The third kappa shape index (κ3) is 6.66. The lowest BCUT2D eigenvalue weighted by atomic mass is 10.0. The maximum atomic E-state index is 14.5. The first-order valence-electron chi connectivity index (χ1n) is 12.5. The fraction of sp³-hybridized carbons (Fsp3) is 0.185. The van der Waals surface area contributed by atoms with Gasteiger partial charge >= 0.3 is 0 Å². The Morgan fingerprint density at radius 3 is 2.43 bits per heavy atom. The van der Waals surface area contributed by atoms with Crippen LogP contribution in [0.25, 0.3) is 5.69 Å². The average molecular weight is 618 g/mol. The molecular weight excluding hydrogens is 595 g/mol. The number of rotatable bonds is 8. The van der Waals surface area contributed by atoms with Gasteiger partial charge in [0.05, 0.1) is 23.1 Å². The smallest absolute Gasteiger partial charge is 0.253 e. The van der Waals surface area contributed by atoms with Crippen LogP contribution in [0.15, 0.2) is 66.9 Å². The van der Waals surface area contributed by atoms with E-state index in [9.17, 15) is 18.4 Å². The summed E-state index contributed by atoms with van der Waals surface area (Å²) in [6.07, 6.45) is 1.62. The van der Waals surface area contributed by atoms with Crippen LogP contribution in [-0.2, 0) is 20.9 Å². The lowest BCUT2D eigenvalue weighted by Gasteiger charge is -2.38. The number of anilines is 2. The minimum absolute atomic E-state index is 0.105. The van der Waals surface area contributed by atoms with E-state index in [1.54, 1.807) is 30.3 Å². The lowest BCUT2D eigenvalue weighted by molar-refractivity contribution is -0.279. The largest absolute Gasteiger partial charge is 0.355 e. The molecule has 2 amide bonds. The number of aromatic nitrogens is 3. The van der Waals surface area contributed by atoms with Crippen LogP contribution in [0.1, 0.15) is 15.9 Å². The second-order valence-corrected chi connectivity index (χ2v) is 9.86. The molecule has 0 bridgehead atoms. The van der Waals surface area contributed by atoms with Crippen LogP contribution >= 0.6 is 23.2 Å². The number of halogens is 4. The fourth-order valence-corrected chi connectivity index (χ4v) is 4.50. The van der Waals surface area contributed by atoms with Crippen molar-refractivity contribution in [3.05, 3.63) is 99.8 Å². The normalized spacial score (nSPS) is 14.5. The van der Waals surface area contributed by atoms with Gasteiger partial charge in [0, 0.05) is 17.8 Å². The molecule has 0 radical (unpaired) electrons. The highest BCUT2D eigenvalue weighted by Crippen LogP contribution is 2.30. The number of carbonyl (C=O) groups excluding carboxylic acids is 2. The molecule has 3 aromatic carbocycles. The van der Waals surface area contributed by atoms with Gasteiger partial charge < -0.3 is 10.6 Å². The standard InChI is InChI=1S/C27H23Cl2F2N7O4/c1-32-26(39)20-8-7-19(12-21(20)31)33-27(40)24(10-16-2-5-18(30)6-3-16)38-15-41-37(14-42-38)23-11-17(28)4-9-22(23)36-13-25(29)34-35-36/h2-9,11-13,24H,10,14-15H2,1H3,(H,32,39)(H,33,40). The van der Waals surface area contributed by atoms with E-state index >= 15 is 0 Å². The van der Waals surface area contributed by atoms with Crippen molar-refractivity contribution < 1.29 is 28.0 Å². The summed E-state index contributed by atoms with van der Waals surface area (Å²) < 4.78 is 29.5. The molecule has 1 saturated heterocycles. The summed E-state index contributed by atoms with van der Waals surface area (Å²) in [5.41, 5.74) is 1.65. The zero-order valence-corrected chi connectivity index (χ0v) is 23.4. The monoisotopic (exact) mass is 617 g/mol. The molecular formula is C27H23Cl2F2N7O4. The number of hydroxylamine groups is 3. The highest BCUT2D eigenvalue weighted by atomic mass is 35.5. The Kier molecular flexibility index (Phi) is 8.94. The van der Waals surface area contributed by atoms with Crippen LogP contribution < -0.4 is 15.7 Å². The molecule has 15 heteroatoms. The first-order valence-corrected chi connectivity index (χ1v) is 13.2. The van der Waals surface area contributed by atoms with Crippen molar-refractivity contribution in [2.24, 2.45) is 0 Å². The molecule has 2 heterocycles. The number of amides is 2. The zero-order chi connectivity index (χ0) is 29.8. The Morgan fingerprint density at radius 1 is 1.00 bits per heavy atom. The lowest BCUT2D eigenvalue weighted by Crippen LogP contribution is -2.52. The Morgan fingerprint density at radius 2 is 1.79 bits per heavy atom. The van der Waals surface area contributed by atoms with Gasteiger partial charge in [0.2, 0.25) is 5.91 Å². The third-order valence-electron chi connectivity index (χ3n) is 6.30. The van der Waals surface area contributed by atoms with Crippen LogP contribution in [-0.4, -0.2) is 58.4 Å². The van der Waals surface area contributed by atoms with Gasteiger partial charge in [-0.25, -0.2) is 18.5 Å². The maximum absolute atomic E-state index is 14.5. The number of hydrogen-bond donors (Lipinski definition) is 2. The van der Waals surface area contributed by atoms with Crippen molar-refractivity contribution in [3.8, 4) is 5.69 Å². The van der Waals surface area contributed by atoms with Gasteiger partial charge in [0.15, 0.2) is 18.6 Å². The van der Waals surface area contributed by atoms with Gasteiger partial charge in [-0.2, -0.15) is 0 Å². The predicted molar refractivity (Wildman–Crippen MR) is 150 cm³/mol.